The molecule has 3 atom stereocenters. The summed E-state index contributed by atoms with van der Waals surface area (Å²) in [6.07, 6.45) is 3.25. The van der Waals surface area contributed by atoms with Gasteiger partial charge in [-0.2, -0.15) is 0 Å². The number of nitrogen functional groups attached to an aromatic ring is 1. The quantitative estimate of drug-likeness (QED) is 0.636. The van der Waals surface area contributed by atoms with Crippen molar-refractivity contribution in [2.24, 2.45) is 17.7 Å². The molecule has 1 aromatic rings. The number of anilines is 1. The summed E-state index contributed by atoms with van der Waals surface area (Å²) in [5.74, 6) is 7.59. The third kappa shape index (κ3) is 3.00. The second-order valence-electron chi connectivity index (χ2n) is 5.68. The van der Waals surface area contributed by atoms with Gasteiger partial charge in [0.05, 0.1) is 0 Å². The number of nitrogens with one attached hydrogen (secondary N) is 1. The largest absolute Gasteiger partial charge is 0.308 e. The lowest BCUT2D eigenvalue weighted by Crippen LogP contribution is -2.45. The summed E-state index contributed by atoms with van der Waals surface area (Å²) >= 11 is 0. The van der Waals surface area contributed by atoms with Crippen LogP contribution in [-0.2, 0) is 6.54 Å². The van der Waals surface area contributed by atoms with Crippen LogP contribution in [0.1, 0.15) is 32.8 Å². The van der Waals surface area contributed by atoms with Crippen LogP contribution in [0.15, 0.2) is 18.3 Å². The number of hydrogen-bond donors (Lipinski definition) is 2. The van der Waals surface area contributed by atoms with Crippen LogP contribution in [0.4, 0.5) is 5.82 Å². The first-order valence-electron chi connectivity index (χ1n) is 6.75. The zero-order valence-corrected chi connectivity index (χ0v) is 11.6. The monoisotopic (exact) mass is 248 g/mol. The van der Waals surface area contributed by atoms with Gasteiger partial charge in [-0.15, -0.1) is 0 Å². The highest BCUT2D eigenvalue weighted by Gasteiger charge is 2.28. The molecular formula is C14H24N4. The summed E-state index contributed by atoms with van der Waals surface area (Å²) in [7, 11) is 0. The van der Waals surface area contributed by atoms with Gasteiger partial charge in [-0.25, -0.2) is 10.8 Å². The molecule has 18 heavy (non-hydrogen) atoms. The first-order chi connectivity index (χ1) is 8.60. The number of pyridine rings is 1. The van der Waals surface area contributed by atoms with Crippen LogP contribution in [0.2, 0.25) is 0 Å². The molecule has 3 N–H and O–H groups in total. The van der Waals surface area contributed by atoms with E-state index in [4.69, 9.17) is 5.84 Å². The fraction of sp³-hybridized carbons (Fsp3) is 0.643. The third-order valence-electron chi connectivity index (χ3n) is 4.08. The number of nitrogens with zero attached hydrogens (tertiary/aromatic N) is 2. The fourth-order valence-electron chi connectivity index (χ4n) is 2.88. The smallest absolute Gasteiger partial charge is 0.139 e. The minimum atomic E-state index is 0.647. The molecule has 0 amide bonds. The molecule has 100 valence electrons. The normalized spacial score (nSPS) is 29.2. The number of hydrogen-bond acceptors (Lipinski definition) is 4. The van der Waals surface area contributed by atoms with E-state index < -0.39 is 0 Å². The Hall–Kier alpha value is -1.13. The molecule has 0 aromatic carbocycles. The molecule has 1 aliphatic heterocycles. The van der Waals surface area contributed by atoms with Crippen LogP contribution < -0.4 is 11.3 Å². The summed E-state index contributed by atoms with van der Waals surface area (Å²) in [5, 5.41) is 0. The van der Waals surface area contributed by atoms with Gasteiger partial charge in [0.15, 0.2) is 0 Å². The molecule has 4 nitrogen and oxygen atoms in total. The molecule has 2 rings (SSSR count). The first kappa shape index (κ1) is 13.3. The van der Waals surface area contributed by atoms with E-state index in [1.165, 1.54) is 18.5 Å². The lowest BCUT2D eigenvalue weighted by atomic mass is 9.86. The standard InChI is InChI=1S/C14H24N4/c1-10-6-11(2)12(3)18(8-10)9-13-4-5-14(17-15)16-7-13/h4-5,7,10-12H,6,8-9,15H2,1-3H3,(H,16,17). The Morgan fingerprint density at radius 1 is 1.39 bits per heavy atom. The Labute approximate surface area is 110 Å². The second-order valence-corrected chi connectivity index (χ2v) is 5.68. The molecule has 2 heterocycles. The van der Waals surface area contributed by atoms with Crippen molar-refractivity contribution >= 4 is 5.82 Å². The van der Waals surface area contributed by atoms with E-state index in [0.29, 0.717) is 11.9 Å². The van der Waals surface area contributed by atoms with Crippen molar-refractivity contribution in [1.82, 2.24) is 9.88 Å². The number of likely N-dealkylation sites (tertiary alicyclic amines) is 1. The van der Waals surface area contributed by atoms with Gasteiger partial charge in [0.2, 0.25) is 0 Å². The molecule has 0 spiro atoms. The minimum absolute atomic E-state index is 0.647. The summed E-state index contributed by atoms with van der Waals surface area (Å²) in [6.45, 7) is 9.19. The average Bonchev–Trinajstić information content (AvgIpc) is 2.36. The highest BCUT2D eigenvalue weighted by Crippen LogP contribution is 2.28. The molecule has 0 aliphatic carbocycles. The Morgan fingerprint density at radius 3 is 2.78 bits per heavy atom. The van der Waals surface area contributed by atoms with Gasteiger partial charge in [0.1, 0.15) is 5.82 Å². The maximum absolute atomic E-state index is 5.32. The SMILES string of the molecule is CC1CC(C)C(C)N(Cc2ccc(NN)nc2)C1. The molecule has 3 unspecified atom stereocenters. The van der Waals surface area contributed by atoms with E-state index in [-0.39, 0.29) is 0 Å². The molecule has 0 saturated carbocycles. The van der Waals surface area contributed by atoms with E-state index in [1.54, 1.807) is 0 Å². The molecule has 0 radical (unpaired) electrons. The number of nitrogens with two attached hydrogens (primary N) is 1. The van der Waals surface area contributed by atoms with E-state index in [0.717, 1.165) is 18.4 Å². The molecule has 1 fully saturated rings. The van der Waals surface area contributed by atoms with E-state index >= 15 is 0 Å². The van der Waals surface area contributed by atoms with Gasteiger partial charge >= 0.3 is 0 Å². The van der Waals surface area contributed by atoms with Crippen LogP contribution in [0.5, 0.6) is 0 Å². The fourth-order valence-corrected chi connectivity index (χ4v) is 2.88. The lowest BCUT2D eigenvalue weighted by Gasteiger charge is -2.41. The Morgan fingerprint density at radius 2 is 2.17 bits per heavy atom. The molecule has 1 saturated heterocycles. The van der Waals surface area contributed by atoms with Crippen LogP contribution in [-0.4, -0.2) is 22.5 Å². The van der Waals surface area contributed by atoms with Crippen LogP contribution in [0, 0.1) is 11.8 Å². The summed E-state index contributed by atoms with van der Waals surface area (Å²) < 4.78 is 0. The topological polar surface area (TPSA) is 54.2 Å². The summed E-state index contributed by atoms with van der Waals surface area (Å²) in [6, 6.07) is 4.67. The lowest BCUT2D eigenvalue weighted by molar-refractivity contribution is 0.0729. The molecule has 1 aromatic heterocycles. The van der Waals surface area contributed by atoms with Crippen molar-refractivity contribution in [2.45, 2.75) is 39.8 Å². The van der Waals surface area contributed by atoms with Crippen molar-refractivity contribution < 1.29 is 0 Å². The van der Waals surface area contributed by atoms with E-state index in [2.05, 4.69) is 42.1 Å². The number of hydrazine groups is 1. The van der Waals surface area contributed by atoms with Gasteiger partial charge in [0, 0.05) is 25.3 Å². The zero-order valence-electron chi connectivity index (χ0n) is 11.6. The van der Waals surface area contributed by atoms with Crippen molar-refractivity contribution in [3.63, 3.8) is 0 Å². The van der Waals surface area contributed by atoms with Crippen molar-refractivity contribution in [2.75, 3.05) is 12.0 Å². The molecule has 1 aliphatic rings. The van der Waals surface area contributed by atoms with Crippen molar-refractivity contribution in [3.05, 3.63) is 23.9 Å². The predicted molar refractivity (Wildman–Crippen MR) is 74.9 cm³/mol. The highest BCUT2D eigenvalue weighted by molar-refractivity contribution is 5.33. The minimum Gasteiger partial charge on any atom is -0.308 e. The van der Waals surface area contributed by atoms with Crippen LogP contribution in [0.3, 0.4) is 0 Å². The number of piperidine rings is 1. The van der Waals surface area contributed by atoms with Crippen LogP contribution >= 0.6 is 0 Å². The third-order valence-corrected chi connectivity index (χ3v) is 4.08. The Kier molecular flexibility index (Phi) is 4.19. The average molecular weight is 248 g/mol. The second kappa shape index (κ2) is 5.67. The van der Waals surface area contributed by atoms with Gasteiger partial charge in [-0.3, -0.25) is 4.90 Å². The number of aromatic nitrogens is 1. The Balaban J connectivity index is 2.02. The highest BCUT2D eigenvalue weighted by atomic mass is 15.2. The van der Waals surface area contributed by atoms with Crippen LogP contribution in [0.25, 0.3) is 0 Å². The molecule has 4 heteroatoms. The van der Waals surface area contributed by atoms with Gasteiger partial charge in [0.25, 0.3) is 0 Å². The van der Waals surface area contributed by atoms with E-state index in [9.17, 15) is 0 Å². The summed E-state index contributed by atoms with van der Waals surface area (Å²) in [5.41, 5.74) is 3.81. The molecule has 0 bridgehead atoms. The van der Waals surface area contributed by atoms with Crippen molar-refractivity contribution in [1.29, 1.82) is 0 Å². The summed E-state index contributed by atoms with van der Waals surface area (Å²) in [4.78, 5) is 6.82. The number of rotatable bonds is 3. The molecular weight excluding hydrogens is 224 g/mol. The van der Waals surface area contributed by atoms with Gasteiger partial charge in [-0.05, 0) is 36.8 Å². The van der Waals surface area contributed by atoms with Gasteiger partial charge in [-0.1, -0.05) is 19.9 Å². The van der Waals surface area contributed by atoms with E-state index in [1.807, 2.05) is 12.3 Å². The van der Waals surface area contributed by atoms with Gasteiger partial charge < -0.3 is 5.43 Å². The first-order valence-corrected chi connectivity index (χ1v) is 6.75. The predicted octanol–water partition coefficient (Wildman–Crippen LogP) is 2.23. The maximum atomic E-state index is 5.32. The Bertz CT molecular complexity index is 376. The maximum Gasteiger partial charge on any atom is 0.139 e. The van der Waals surface area contributed by atoms with Crippen molar-refractivity contribution in [3.8, 4) is 0 Å². The zero-order chi connectivity index (χ0) is 13.1.